The van der Waals surface area contributed by atoms with Crippen molar-refractivity contribution in [1.29, 1.82) is 0 Å². The Labute approximate surface area is 82.0 Å². The summed E-state index contributed by atoms with van der Waals surface area (Å²) in [5.41, 5.74) is -0.273. The number of halogens is 3. The van der Waals surface area contributed by atoms with E-state index in [2.05, 4.69) is 18.8 Å². The molecule has 80 valence electrons. The summed E-state index contributed by atoms with van der Waals surface area (Å²) in [4.78, 5) is 3.19. The SMILES string of the molecule is CCC.Cc1ccnc(C(F)(F)F)c1. The number of hydrogen-bond donors (Lipinski definition) is 0. The number of aryl methyl sites for hydroxylation is 1. The molecule has 0 atom stereocenters. The zero-order valence-electron chi connectivity index (χ0n) is 8.52. The molecule has 1 rings (SSSR count). The van der Waals surface area contributed by atoms with E-state index in [1.807, 2.05) is 0 Å². The molecular formula is C10H14F3N. The summed E-state index contributed by atoms with van der Waals surface area (Å²) in [6, 6.07) is 2.54. The monoisotopic (exact) mass is 205 g/mol. The molecular weight excluding hydrogens is 191 g/mol. The van der Waals surface area contributed by atoms with E-state index in [0.29, 0.717) is 5.56 Å². The fraction of sp³-hybridized carbons (Fsp3) is 0.500. The minimum atomic E-state index is -4.33. The van der Waals surface area contributed by atoms with Gasteiger partial charge in [0.05, 0.1) is 0 Å². The quantitative estimate of drug-likeness (QED) is 0.627. The maximum Gasteiger partial charge on any atom is 0.433 e. The molecule has 0 unspecified atom stereocenters. The van der Waals surface area contributed by atoms with Gasteiger partial charge in [0.1, 0.15) is 5.69 Å². The molecule has 1 aromatic rings. The molecule has 0 aliphatic carbocycles. The van der Waals surface area contributed by atoms with Crippen molar-refractivity contribution in [2.24, 2.45) is 0 Å². The van der Waals surface area contributed by atoms with E-state index >= 15 is 0 Å². The Morgan fingerprint density at radius 1 is 1.29 bits per heavy atom. The van der Waals surface area contributed by atoms with E-state index in [9.17, 15) is 13.2 Å². The zero-order valence-corrected chi connectivity index (χ0v) is 8.52. The van der Waals surface area contributed by atoms with Crippen LogP contribution < -0.4 is 0 Å². The van der Waals surface area contributed by atoms with Crippen molar-refractivity contribution in [2.45, 2.75) is 33.4 Å². The molecule has 1 aromatic heterocycles. The lowest BCUT2D eigenvalue weighted by atomic mass is 10.2. The first-order valence-electron chi connectivity index (χ1n) is 4.41. The first-order valence-corrected chi connectivity index (χ1v) is 4.41. The van der Waals surface area contributed by atoms with Gasteiger partial charge in [0.2, 0.25) is 0 Å². The number of rotatable bonds is 0. The number of pyridine rings is 1. The Balaban J connectivity index is 0.000000500. The fourth-order valence-electron chi connectivity index (χ4n) is 0.691. The Morgan fingerprint density at radius 3 is 2.07 bits per heavy atom. The Bertz CT molecular complexity index is 268. The molecule has 1 heterocycles. The summed E-state index contributed by atoms with van der Waals surface area (Å²) in [6.07, 6.45) is -1.93. The van der Waals surface area contributed by atoms with Crippen LogP contribution in [-0.2, 0) is 6.18 Å². The van der Waals surface area contributed by atoms with Crippen molar-refractivity contribution in [1.82, 2.24) is 4.98 Å². The molecule has 0 saturated heterocycles. The highest BCUT2D eigenvalue weighted by Gasteiger charge is 2.31. The van der Waals surface area contributed by atoms with Crippen molar-refractivity contribution in [2.75, 3.05) is 0 Å². The smallest absolute Gasteiger partial charge is 0.252 e. The lowest BCUT2D eigenvalue weighted by Crippen LogP contribution is -2.07. The predicted molar refractivity (Wildman–Crippen MR) is 49.9 cm³/mol. The molecule has 4 heteroatoms. The summed E-state index contributed by atoms with van der Waals surface area (Å²) < 4.78 is 35.7. The van der Waals surface area contributed by atoms with Gasteiger partial charge in [-0.3, -0.25) is 4.98 Å². The minimum absolute atomic E-state index is 0.562. The zero-order chi connectivity index (χ0) is 11.2. The highest BCUT2D eigenvalue weighted by molar-refractivity contribution is 5.16. The van der Waals surface area contributed by atoms with Crippen LogP contribution in [0, 0.1) is 6.92 Å². The molecule has 0 saturated carbocycles. The highest BCUT2D eigenvalue weighted by Crippen LogP contribution is 2.27. The van der Waals surface area contributed by atoms with E-state index in [1.54, 1.807) is 6.92 Å². The second-order valence-corrected chi connectivity index (χ2v) is 2.92. The van der Waals surface area contributed by atoms with E-state index < -0.39 is 11.9 Å². The van der Waals surface area contributed by atoms with Gasteiger partial charge >= 0.3 is 6.18 Å². The van der Waals surface area contributed by atoms with Gasteiger partial charge in [-0.15, -0.1) is 0 Å². The minimum Gasteiger partial charge on any atom is -0.252 e. The molecule has 14 heavy (non-hydrogen) atoms. The lowest BCUT2D eigenvalue weighted by molar-refractivity contribution is -0.141. The van der Waals surface area contributed by atoms with Gasteiger partial charge in [0.15, 0.2) is 0 Å². The van der Waals surface area contributed by atoms with Gasteiger partial charge in [0.25, 0.3) is 0 Å². The van der Waals surface area contributed by atoms with Crippen molar-refractivity contribution >= 4 is 0 Å². The molecule has 0 fully saturated rings. The largest absolute Gasteiger partial charge is 0.433 e. The number of nitrogens with zero attached hydrogens (tertiary/aromatic N) is 1. The van der Waals surface area contributed by atoms with Gasteiger partial charge < -0.3 is 0 Å². The Hall–Kier alpha value is -1.06. The summed E-state index contributed by atoms with van der Waals surface area (Å²) >= 11 is 0. The van der Waals surface area contributed by atoms with Gasteiger partial charge in [-0.2, -0.15) is 13.2 Å². The average molecular weight is 205 g/mol. The molecule has 0 aromatic carbocycles. The first-order chi connectivity index (χ1) is 6.41. The summed E-state index contributed by atoms with van der Waals surface area (Å²) in [6.45, 7) is 5.84. The maximum absolute atomic E-state index is 11.9. The Morgan fingerprint density at radius 2 is 1.79 bits per heavy atom. The summed E-state index contributed by atoms with van der Waals surface area (Å²) in [5.74, 6) is 0. The topological polar surface area (TPSA) is 12.9 Å². The first kappa shape index (κ1) is 12.9. The van der Waals surface area contributed by atoms with Crippen LogP contribution in [0.15, 0.2) is 18.3 Å². The van der Waals surface area contributed by atoms with Gasteiger partial charge in [-0.25, -0.2) is 0 Å². The molecule has 0 radical (unpaired) electrons. The van der Waals surface area contributed by atoms with Crippen LogP contribution in [0.4, 0.5) is 13.2 Å². The molecule has 0 aliphatic rings. The molecule has 0 amide bonds. The van der Waals surface area contributed by atoms with Crippen molar-refractivity contribution in [3.63, 3.8) is 0 Å². The van der Waals surface area contributed by atoms with Gasteiger partial charge in [-0.05, 0) is 24.6 Å². The van der Waals surface area contributed by atoms with Crippen LogP contribution in [0.3, 0.4) is 0 Å². The normalized spacial score (nSPS) is 10.4. The van der Waals surface area contributed by atoms with Crippen molar-refractivity contribution in [3.8, 4) is 0 Å². The van der Waals surface area contributed by atoms with Crippen molar-refractivity contribution < 1.29 is 13.2 Å². The van der Waals surface area contributed by atoms with Crippen LogP contribution in [0.1, 0.15) is 31.5 Å². The van der Waals surface area contributed by atoms with E-state index in [0.717, 1.165) is 12.3 Å². The maximum atomic E-state index is 11.9. The molecule has 0 spiro atoms. The van der Waals surface area contributed by atoms with Crippen LogP contribution in [0.5, 0.6) is 0 Å². The predicted octanol–water partition coefficient (Wildman–Crippen LogP) is 3.83. The third-order valence-electron chi connectivity index (χ3n) is 1.21. The van der Waals surface area contributed by atoms with E-state index in [1.165, 1.54) is 12.5 Å². The van der Waals surface area contributed by atoms with Crippen LogP contribution in [0.25, 0.3) is 0 Å². The molecule has 0 N–H and O–H groups in total. The second kappa shape index (κ2) is 5.62. The van der Waals surface area contributed by atoms with E-state index in [-0.39, 0.29) is 0 Å². The molecule has 1 nitrogen and oxygen atoms in total. The summed E-state index contributed by atoms with van der Waals surface area (Å²) in [5, 5.41) is 0. The average Bonchev–Trinajstić information content (AvgIpc) is 2.04. The number of hydrogen-bond acceptors (Lipinski definition) is 1. The number of alkyl halides is 3. The Kier molecular flexibility index (Phi) is 5.20. The third-order valence-corrected chi connectivity index (χ3v) is 1.21. The molecule has 0 aliphatic heterocycles. The third kappa shape index (κ3) is 4.84. The molecule has 0 bridgehead atoms. The fourth-order valence-corrected chi connectivity index (χ4v) is 0.691. The lowest BCUT2D eigenvalue weighted by Gasteiger charge is -2.04. The summed E-state index contributed by atoms with van der Waals surface area (Å²) in [7, 11) is 0. The van der Waals surface area contributed by atoms with Crippen molar-refractivity contribution in [3.05, 3.63) is 29.6 Å². The number of aromatic nitrogens is 1. The highest BCUT2D eigenvalue weighted by atomic mass is 19.4. The van der Waals surface area contributed by atoms with Gasteiger partial charge in [0, 0.05) is 6.20 Å². The van der Waals surface area contributed by atoms with Crippen LogP contribution in [0.2, 0.25) is 0 Å². The van der Waals surface area contributed by atoms with Gasteiger partial charge in [-0.1, -0.05) is 20.3 Å². The van der Waals surface area contributed by atoms with Crippen LogP contribution >= 0.6 is 0 Å². The second-order valence-electron chi connectivity index (χ2n) is 2.92. The standard InChI is InChI=1S/C7H6F3N.C3H8/c1-5-2-3-11-6(4-5)7(8,9)10;1-3-2/h2-4H,1H3;3H2,1-2H3. The van der Waals surface area contributed by atoms with E-state index in [4.69, 9.17) is 0 Å². The van der Waals surface area contributed by atoms with Crippen LogP contribution in [-0.4, -0.2) is 4.98 Å².